The number of benzene rings is 1. The molecule has 1 aromatic carbocycles. The topological polar surface area (TPSA) is 0 Å². The predicted octanol–water partition coefficient (Wildman–Crippen LogP) is -5.55. The van der Waals surface area contributed by atoms with Crippen molar-refractivity contribution in [2.24, 2.45) is 0 Å². The van der Waals surface area contributed by atoms with Crippen molar-refractivity contribution < 1.29 is 60.5 Å². The van der Waals surface area contributed by atoms with Crippen molar-refractivity contribution in [3.63, 3.8) is 0 Å². The smallest absolute Gasteiger partial charge is 1.00 e. The maximum atomic E-state index is 3.80. The Kier molecular flexibility index (Phi) is 11.1. The standard InChI is InChI=1S/C9H7.C3H5.3ClH.Zr/c1-2-5-9-7-3-6-8(9)4-1;1-3-2;;;;/h1-7H;3H,1-2H2;3*1H;/q;;;;;+3/p-3. The molecule has 1 unspecified atom stereocenters. The first kappa shape index (κ1) is 18.8. The molecule has 85 valence electrons. The molecule has 0 bridgehead atoms. The van der Waals surface area contributed by atoms with Gasteiger partial charge in [-0.25, -0.2) is 0 Å². The van der Waals surface area contributed by atoms with Crippen LogP contribution in [-0.2, 0) is 23.2 Å². The Bertz CT molecular complexity index is 350. The van der Waals surface area contributed by atoms with Crippen LogP contribution in [0.25, 0.3) is 6.08 Å². The van der Waals surface area contributed by atoms with Crippen LogP contribution in [-0.4, -0.2) is 0 Å². The largest absolute Gasteiger partial charge is 1.00 e. The zero-order chi connectivity index (χ0) is 9.10. The van der Waals surface area contributed by atoms with Gasteiger partial charge in [0.2, 0.25) is 0 Å². The first-order valence-electron chi connectivity index (χ1n) is 4.53. The molecule has 0 heterocycles. The minimum Gasteiger partial charge on any atom is -1.00 e. The summed E-state index contributed by atoms with van der Waals surface area (Å²) in [6, 6.07) is 8.74. The van der Waals surface area contributed by atoms with Crippen molar-refractivity contribution in [1.82, 2.24) is 0 Å². The SMILES string of the molecule is C=C[CH2][Zr+3][CH]1C=Cc2ccccc21.[Cl-].[Cl-].[Cl-]. The molecule has 0 fully saturated rings. The van der Waals surface area contributed by atoms with Crippen LogP contribution in [0.3, 0.4) is 0 Å². The van der Waals surface area contributed by atoms with E-state index in [0.717, 1.165) is 3.63 Å². The summed E-state index contributed by atoms with van der Waals surface area (Å²) < 4.78 is 2.06. The van der Waals surface area contributed by atoms with Crippen molar-refractivity contribution >= 4 is 6.08 Å². The van der Waals surface area contributed by atoms with E-state index in [2.05, 4.69) is 49.1 Å². The van der Waals surface area contributed by atoms with E-state index < -0.39 is 0 Å². The molecule has 4 heteroatoms. The molecule has 0 aromatic heterocycles. The summed E-state index contributed by atoms with van der Waals surface area (Å²) in [5.74, 6) is 0. The molecular weight excluding hydrogens is 342 g/mol. The fraction of sp³-hybridized carbons (Fsp3) is 0.167. The van der Waals surface area contributed by atoms with Crippen molar-refractivity contribution in [2.75, 3.05) is 0 Å². The maximum absolute atomic E-state index is 3.80. The van der Waals surface area contributed by atoms with Gasteiger partial charge in [-0.2, -0.15) is 0 Å². The fourth-order valence-electron chi connectivity index (χ4n) is 1.64. The van der Waals surface area contributed by atoms with Crippen LogP contribution in [0.15, 0.2) is 43.0 Å². The van der Waals surface area contributed by atoms with Gasteiger partial charge in [-0.1, -0.05) is 0 Å². The Morgan fingerprint density at radius 2 is 1.88 bits per heavy atom. The first-order chi connectivity index (χ1) is 6.42. The molecule has 0 aliphatic heterocycles. The average Bonchev–Trinajstić information content (AvgIpc) is 2.58. The third-order valence-corrected chi connectivity index (χ3v) is 5.89. The second kappa shape index (κ2) is 9.48. The summed E-state index contributed by atoms with van der Waals surface area (Å²) in [6.45, 7) is 3.80. The van der Waals surface area contributed by atoms with Gasteiger partial charge in [-0.05, 0) is 0 Å². The number of rotatable bonds is 3. The van der Waals surface area contributed by atoms with Crippen LogP contribution in [0.4, 0.5) is 0 Å². The number of allylic oxidation sites excluding steroid dienone is 2. The summed E-state index contributed by atoms with van der Waals surface area (Å²) >= 11 is -0.298. The molecule has 0 nitrogen and oxygen atoms in total. The molecule has 0 saturated carbocycles. The third-order valence-electron chi connectivity index (χ3n) is 2.28. The van der Waals surface area contributed by atoms with Crippen LogP contribution >= 0.6 is 0 Å². The third kappa shape index (κ3) is 4.37. The number of fused-ring (bicyclic) bond motifs is 1. The first-order valence-corrected chi connectivity index (χ1v) is 7.69. The van der Waals surface area contributed by atoms with E-state index in [1.807, 2.05) is 0 Å². The Morgan fingerprint density at radius 1 is 1.19 bits per heavy atom. The van der Waals surface area contributed by atoms with Gasteiger partial charge in [0.15, 0.2) is 0 Å². The van der Waals surface area contributed by atoms with E-state index in [0.29, 0.717) is 0 Å². The van der Waals surface area contributed by atoms with Crippen molar-refractivity contribution in [3.05, 3.63) is 54.1 Å². The molecule has 1 atom stereocenters. The van der Waals surface area contributed by atoms with Crippen LogP contribution in [0.2, 0.25) is 4.13 Å². The van der Waals surface area contributed by atoms with Gasteiger partial charge in [0.05, 0.1) is 0 Å². The van der Waals surface area contributed by atoms with Gasteiger partial charge in [0.25, 0.3) is 0 Å². The van der Waals surface area contributed by atoms with E-state index in [9.17, 15) is 0 Å². The van der Waals surface area contributed by atoms with E-state index in [4.69, 9.17) is 0 Å². The molecule has 0 amide bonds. The van der Waals surface area contributed by atoms with Gasteiger partial charge >= 0.3 is 91.2 Å². The van der Waals surface area contributed by atoms with Gasteiger partial charge < -0.3 is 37.2 Å². The molecule has 1 aliphatic rings. The quantitative estimate of drug-likeness (QED) is 0.476. The second-order valence-corrected chi connectivity index (χ2v) is 6.70. The number of hydrogen-bond donors (Lipinski definition) is 0. The molecule has 0 spiro atoms. The van der Waals surface area contributed by atoms with Gasteiger partial charge in [0.1, 0.15) is 0 Å². The molecule has 16 heavy (non-hydrogen) atoms. The molecule has 0 radical (unpaired) electrons. The summed E-state index contributed by atoms with van der Waals surface area (Å²) in [7, 11) is 0. The second-order valence-electron chi connectivity index (χ2n) is 3.16. The summed E-state index contributed by atoms with van der Waals surface area (Å²) in [4.78, 5) is 0. The zero-order valence-electron chi connectivity index (χ0n) is 8.67. The van der Waals surface area contributed by atoms with Crippen LogP contribution in [0, 0.1) is 0 Å². The van der Waals surface area contributed by atoms with Crippen molar-refractivity contribution in [2.45, 2.75) is 7.75 Å². The number of halogens is 3. The van der Waals surface area contributed by atoms with E-state index >= 15 is 0 Å². The fourth-order valence-corrected chi connectivity index (χ4v) is 4.43. The maximum Gasteiger partial charge on any atom is -1.00 e. The minimum atomic E-state index is -0.298. The molecule has 2 rings (SSSR count). The molecule has 1 aliphatic carbocycles. The summed E-state index contributed by atoms with van der Waals surface area (Å²) in [5.41, 5.74) is 2.98. The normalized spacial score (nSPS) is 14.6. The monoisotopic (exact) mass is 351 g/mol. The Morgan fingerprint density at radius 3 is 2.56 bits per heavy atom. The van der Waals surface area contributed by atoms with Gasteiger partial charge in [-0.3, -0.25) is 0 Å². The Labute approximate surface area is 127 Å². The predicted molar refractivity (Wildman–Crippen MR) is 53.2 cm³/mol. The van der Waals surface area contributed by atoms with Crippen LogP contribution in [0.5, 0.6) is 0 Å². The van der Waals surface area contributed by atoms with Crippen molar-refractivity contribution in [3.8, 4) is 0 Å². The van der Waals surface area contributed by atoms with E-state index in [-0.39, 0.29) is 60.5 Å². The minimum absolute atomic E-state index is 0. The molecule has 0 N–H and O–H groups in total. The van der Waals surface area contributed by atoms with Gasteiger partial charge in [-0.15, -0.1) is 0 Å². The molecular formula is C12H12Cl3Zr. The number of hydrogen-bond acceptors (Lipinski definition) is 0. The van der Waals surface area contributed by atoms with Crippen molar-refractivity contribution in [1.29, 1.82) is 0 Å². The Balaban J connectivity index is 0. The van der Waals surface area contributed by atoms with E-state index in [1.54, 1.807) is 5.56 Å². The van der Waals surface area contributed by atoms with Crippen LogP contribution in [0.1, 0.15) is 14.8 Å². The van der Waals surface area contributed by atoms with Crippen LogP contribution < -0.4 is 37.2 Å². The summed E-state index contributed by atoms with van der Waals surface area (Å²) in [5, 5.41) is 0. The van der Waals surface area contributed by atoms with E-state index in [1.165, 1.54) is 9.69 Å². The molecule has 1 aromatic rings. The Hall–Kier alpha value is 0.453. The zero-order valence-corrected chi connectivity index (χ0v) is 13.4. The van der Waals surface area contributed by atoms with Gasteiger partial charge in [0, 0.05) is 0 Å². The summed E-state index contributed by atoms with van der Waals surface area (Å²) in [6.07, 6.45) is 6.71. The molecule has 0 saturated heterocycles. The average molecular weight is 354 g/mol.